The maximum atomic E-state index is 3.68. The Morgan fingerprint density at radius 2 is 1.88 bits per heavy atom. The molecule has 3 heteroatoms. The van der Waals surface area contributed by atoms with Gasteiger partial charge in [-0.3, -0.25) is 0 Å². The highest BCUT2D eigenvalue weighted by molar-refractivity contribution is 14.1. The highest BCUT2D eigenvalue weighted by atomic mass is 127. The van der Waals surface area contributed by atoms with Crippen molar-refractivity contribution in [2.45, 2.75) is 32.4 Å². The van der Waals surface area contributed by atoms with Crippen LogP contribution in [0, 0.1) is 9.49 Å². The Morgan fingerprint density at radius 3 is 2.53 bits per heavy atom. The van der Waals surface area contributed by atoms with Gasteiger partial charge in [0, 0.05) is 27.9 Å². The van der Waals surface area contributed by atoms with Crippen molar-refractivity contribution in [1.82, 2.24) is 4.90 Å². The van der Waals surface area contributed by atoms with Gasteiger partial charge >= 0.3 is 0 Å². The summed E-state index contributed by atoms with van der Waals surface area (Å²) in [5.41, 5.74) is 1.25. The third-order valence-electron chi connectivity index (χ3n) is 3.81. The van der Waals surface area contributed by atoms with E-state index in [4.69, 9.17) is 0 Å². The van der Waals surface area contributed by atoms with E-state index < -0.39 is 0 Å². The molecular weight excluding hydrogens is 323 g/mol. The quantitative estimate of drug-likeness (QED) is 0.827. The first-order valence-electron chi connectivity index (χ1n) is 6.28. The van der Waals surface area contributed by atoms with Crippen LogP contribution in [0.2, 0.25) is 0 Å². The summed E-state index contributed by atoms with van der Waals surface area (Å²) in [6.45, 7) is 5.84. The second-order valence-electron chi connectivity index (χ2n) is 5.26. The van der Waals surface area contributed by atoms with Crippen molar-refractivity contribution in [3.8, 4) is 0 Å². The number of nitrogens with one attached hydrogen (secondary N) is 1. The molecule has 0 amide bonds. The van der Waals surface area contributed by atoms with Gasteiger partial charge in [0.2, 0.25) is 0 Å². The summed E-state index contributed by atoms with van der Waals surface area (Å²) in [5, 5.41) is 3.68. The lowest BCUT2D eigenvalue weighted by Crippen LogP contribution is -2.48. The van der Waals surface area contributed by atoms with Crippen LogP contribution in [0.1, 0.15) is 20.3 Å². The number of rotatable bonds is 2. The first-order valence-corrected chi connectivity index (χ1v) is 7.36. The van der Waals surface area contributed by atoms with Gasteiger partial charge in [0.15, 0.2) is 0 Å². The fraction of sp³-hybridized carbons (Fsp3) is 0.571. The summed E-state index contributed by atoms with van der Waals surface area (Å²) >= 11 is 2.34. The molecule has 3 atom stereocenters. The van der Waals surface area contributed by atoms with E-state index in [1.807, 2.05) is 0 Å². The topological polar surface area (TPSA) is 15.3 Å². The number of hydrogen-bond acceptors (Lipinski definition) is 2. The summed E-state index contributed by atoms with van der Waals surface area (Å²) in [6, 6.07) is 9.95. The predicted molar refractivity (Wildman–Crippen MR) is 82.4 cm³/mol. The summed E-state index contributed by atoms with van der Waals surface area (Å²) in [6.07, 6.45) is 1.23. The molecule has 2 nitrogen and oxygen atoms in total. The number of halogens is 1. The van der Waals surface area contributed by atoms with Crippen LogP contribution in [0.25, 0.3) is 0 Å². The smallest absolute Gasteiger partial charge is 0.0343 e. The third-order valence-corrected chi connectivity index (χ3v) is 4.53. The van der Waals surface area contributed by atoms with Crippen molar-refractivity contribution < 1.29 is 0 Å². The Balaban J connectivity index is 2.00. The highest BCUT2D eigenvalue weighted by Crippen LogP contribution is 2.24. The second-order valence-corrected chi connectivity index (χ2v) is 6.50. The molecule has 2 rings (SSSR count). The average Bonchev–Trinajstić information content (AvgIpc) is 2.29. The molecule has 17 heavy (non-hydrogen) atoms. The van der Waals surface area contributed by atoms with Gasteiger partial charge in [-0.25, -0.2) is 0 Å². The SMILES string of the molecule is CC1CN(C)C(C)CC1Nc1ccc(I)cc1. The van der Waals surface area contributed by atoms with E-state index in [1.165, 1.54) is 22.2 Å². The molecule has 94 valence electrons. The van der Waals surface area contributed by atoms with E-state index >= 15 is 0 Å². The summed E-state index contributed by atoms with van der Waals surface area (Å²) in [7, 11) is 2.22. The fourth-order valence-corrected chi connectivity index (χ4v) is 2.86. The minimum absolute atomic E-state index is 0.598. The largest absolute Gasteiger partial charge is 0.382 e. The Labute approximate surface area is 118 Å². The number of nitrogens with zero attached hydrogens (tertiary/aromatic N) is 1. The summed E-state index contributed by atoms with van der Waals surface area (Å²) < 4.78 is 1.29. The van der Waals surface area contributed by atoms with Gasteiger partial charge in [-0.05, 0) is 73.2 Å². The van der Waals surface area contributed by atoms with Gasteiger partial charge in [-0.2, -0.15) is 0 Å². The molecule has 0 aromatic heterocycles. The van der Waals surface area contributed by atoms with Crippen LogP contribution >= 0.6 is 22.6 Å². The Bertz CT molecular complexity index is 363. The van der Waals surface area contributed by atoms with Gasteiger partial charge in [-0.15, -0.1) is 0 Å². The van der Waals surface area contributed by atoms with Crippen molar-refractivity contribution in [3.63, 3.8) is 0 Å². The number of benzene rings is 1. The molecule has 1 fully saturated rings. The molecule has 0 bridgehead atoms. The molecule has 1 aromatic carbocycles. The Hall–Kier alpha value is -0.290. The van der Waals surface area contributed by atoms with Crippen LogP contribution in [-0.2, 0) is 0 Å². The zero-order chi connectivity index (χ0) is 12.4. The van der Waals surface area contributed by atoms with Crippen LogP contribution in [0.3, 0.4) is 0 Å². The van der Waals surface area contributed by atoms with Crippen LogP contribution in [0.4, 0.5) is 5.69 Å². The fourth-order valence-electron chi connectivity index (χ4n) is 2.50. The molecule has 1 aliphatic rings. The number of likely N-dealkylation sites (tertiary alicyclic amines) is 1. The lowest BCUT2D eigenvalue weighted by molar-refractivity contribution is 0.145. The summed E-state index contributed by atoms with van der Waals surface area (Å²) in [4.78, 5) is 2.46. The monoisotopic (exact) mass is 344 g/mol. The normalized spacial score (nSPS) is 30.2. The molecule has 1 N–H and O–H groups in total. The van der Waals surface area contributed by atoms with E-state index in [0.717, 1.165) is 0 Å². The minimum Gasteiger partial charge on any atom is -0.382 e. The lowest BCUT2D eigenvalue weighted by atomic mass is 9.89. The Kier molecular flexibility index (Phi) is 4.31. The number of piperidine rings is 1. The number of anilines is 1. The first kappa shape index (κ1) is 13.1. The van der Waals surface area contributed by atoms with Gasteiger partial charge in [0.1, 0.15) is 0 Å². The zero-order valence-electron chi connectivity index (χ0n) is 10.8. The molecule has 1 aliphatic heterocycles. The van der Waals surface area contributed by atoms with E-state index in [0.29, 0.717) is 18.0 Å². The van der Waals surface area contributed by atoms with Crippen LogP contribution < -0.4 is 5.32 Å². The van der Waals surface area contributed by atoms with Crippen molar-refractivity contribution in [1.29, 1.82) is 0 Å². The average molecular weight is 344 g/mol. The molecule has 1 saturated heterocycles. The van der Waals surface area contributed by atoms with Crippen LogP contribution in [0.5, 0.6) is 0 Å². The standard InChI is InChI=1S/C14H21IN2/c1-10-9-17(3)11(2)8-14(10)16-13-6-4-12(15)5-7-13/h4-7,10-11,14,16H,8-9H2,1-3H3. The minimum atomic E-state index is 0.598. The van der Waals surface area contributed by atoms with Gasteiger partial charge in [-0.1, -0.05) is 6.92 Å². The predicted octanol–water partition coefficient (Wildman–Crippen LogP) is 3.43. The van der Waals surface area contributed by atoms with Crippen molar-refractivity contribution >= 4 is 28.3 Å². The van der Waals surface area contributed by atoms with Crippen LogP contribution in [0.15, 0.2) is 24.3 Å². The number of hydrogen-bond donors (Lipinski definition) is 1. The maximum absolute atomic E-state index is 3.68. The van der Waals surface area contributed by atoms with Crippen molar-refractivity contribution in [2.75, 3.05) is 18.9 Å². The Morgan fingerprint density at radius 1 is 1.24 bits per heavy atom. The van der Waals surface area contributed by atoms with Gasteiger partial charge in [0.05, 0.1) is 0 Å². The molecule has 0 radical (unpaired) electrons. The molecule has 3 unspecified atom stereocenters. The van der Waals surface area contributed by atoms with E-state index in [-0.39, 0.29) is 0 Å². The molecular formula is C14H21IN2. The van der Waals surface area contributed by atoms with Crippen molar-refractivity contribution in [3.05, 3.63) is 27.8 Å². The highest BCUT2D eigenvalue weighted by Gasteiger charge is 2.28. The van der Waals surface area contributed by atoms with E-state index in [1.54, 1.807) is 0 Å². The van der Waals surface area contributed by atoms with Gasteiger partial charge < -0.3 is 10.2 Å². The van der Waals surface area contributed by atoms with E-state index in [2.05, 4.69) is 78.0 Å². The maximum Gasteiger partial charge on any atom is 0.0343 e. The van der Waals surface area contributed by atoms with Crippen LogP contribution in [-0.4, -0.2) is 30.6 Å². The molecule has 0 saturated carbocycles. The molecule has 0 aliphatic carbocycles. The lowest BCUT2D eigenvalue weighted by Gasteiger charge is -2.40. The molecule has 0 spiro atoms. The first-order chi connectivity index (χ1) is 8.06. The molecule has 1 heterocycles. The van der Waals surface area contributed by atoms with Gasteiger partial charge in [0.25, 0.3) is 0 Å². The van der Waals surface area contributed by atoms with E-state index in [9.17, 15) is 0 Å². The zero-order valence-corrected chi connectivity index (χ0v) is 12.9. The van der Waals surface area contributed by atoms with Crippen molar-refractivity contribution in [2.24, 2.45) is 5.92 Å². The molecule has 1 aromatic rings. The second kappa shape index (κ2) is 5.57. The summed E-state index contributed by atoms with van der Waals surface area (Å²) in [5.74, 6) is 0.704. The third kappa shape index (κ3) is 3.35.